The van der Waals surface area contributed by atoms with Gasteiger partial charge in [0.1, 0.15) is 0 Å². The maximum atomic E-state index is 12.6. The second-order valence-corrected chi connectivity index (χ2v) is 12.2. The third-order valence-corrected chi connectivity index (χ3v) is 8.39. The van der Waals surface area contributed by atoms with Crippen LogP contribution in [0.4, 0.5) is 5.69 Å². The van der Waals surface area contributed by atoms with E-state index >= 15 is 0 Å². The number of unbranched alkanes of at least 4 members (excludes halogenated alkanes) is 11. The molecular formula is C35H51N2O3S+. The van der Waals surface area contributed by atoms with Crippen molar-refractivity contribution in [3.8, 4) is 11.5 Å². The second-order valence-electron chi connectivity index (χ2n) is 11.1. The molecule has 0 saturated carbocycles. The molecular weight excluding hydrogens is 528 g/mol. The summed E-state index contributed by atoms with van der Waals surface area (Å²) in [5.41, 5.74) is 5.24. The standard InChI is InChI=1S/C35H51N2O3S/c1-5-6-7-8-9-10-11-12-13-14-15-16-23-40-35-24-32(19-22-34(35)39-4)27-37(30(3)38)33-20-17-31(18-21-33)26-36-25-29(2)41-28-36/h17-22,24-25,28H,5-16,23,26-27H2,1-4H3/q+1. The zero-order valence-electron chi connectivity index (χ0n) is 25.8. The molecule has 3 rings (SSSR count). The minimum atomic E-state index is 0.00960. The summed E-state index contributed by atoms with van der Waals surface area (Å²) >= 11 is 1.74. The van der Waals surface area contributed by atoms with Crippen molar-refractivity contribution in [3.05, 3.63) is 70.2 Å². The third-order valence-electron chi connectivity index (χ3n) is 7.54. The molecule has 41 heavy (non-hydrogen) atoms. The number of anilines is 1. The average molecular weight is 580 g/mol. The van der Waals surface area contributed by atoms with Crippen molar-refractivity contribution in [1.29, 1.82) is 0 Å². The zero-order chi connectivity index (χ0) is 29.3. The van der Waals surface area contributed by atoms with E-state index in [2.05, 4.69) is 42.3 Å². The number of methoxy groups -OCH3 is 1. The van der Waals surface area contributed by atoms with Crippen LogP contribution in [0.15, 0.2) is 54.2 Å². The normalized spacial score (nSPS) is 11.0. The van der Waals surface area contributed by atoms with Gasteiger partial charge in [-0.1, -0.05) is 107 Å². The lowest BCUT2D eigenvalue weighted by atomic mass is 10.1. The summed E-state index contributed by atoms with van der Waals surface area (Å²) in [6.45, 7) is 7.99. The van der Waals surface area contributed by atoms with Crippen LogP contribution in [-0.4, -0.2) is 19.6 Å². The Labute approximate surface area is 252 Å². The predicted molar refractivity (Wildman–Crippen MR) is 171 cm³/mol. The second kappa shape index (κ2) is 18.5. The van der Waals surface area contributed by atoms with E-state index in [0.29, 0.717) is 13.2 Å². The van der Waals surface area contributed by atoms with E-state index in [1.54, 1.807) is 25.4 Å². The van der Waals surface area contributed by atoms with Crippen LogP contribution >= 0.6 is 11.3 Å². The number of aryl methyl sites for hydroxylation is 1. The molecule has 0 fully saturated rings. The largest absolute Gasteiger partial charge is 0.493 e. The molecule has 2 aromatic carbocycles. The van der Waals surface area contributed by atoms with Crippen LogP contribution in [0.1, 0.15) is 107 Å². The summed E-state index contributed by atoms with van der Waals surface area (Å²) in [6, 6.07) is 14.2. The molecule has 1 aromatic heterocycles. The van der Waals surface area contributed by atoms with Gasteiger partial charge in [0.25, 0.3) is 0 Å². The lowest BCUT2D eigenvalue weighted by molar-refractivity contribution is -0.683. The van der Waals surface area contributed by atoms with Crippen LogP contribution in [0.2, 0.25) is 0 Å². The highest BCUT2D eigenvalue weighted by Gasteiger charge is 2.15. The van der Waals surface area contributed by atoms with Gasteiger partial charge in [0, 0.05) is 18.2 Å². The van der Waals surface area contributed by atoms with Gasteiger partial charge in [-0.2, -0.15) is 4.57 Å². The quantitative estimate of drug-likeness (QED) is 0.0991. The fourth-order valence-corrected chi connectivity index (χ4v) is 5.78. The Morgan fingerprint density at radius 2 is 1.44 bits per heavy atom. The zero-order valence-corrected chi connectivity index (χ0v) is 26.6. The minimum absolute atomic E-state index is 0.00960. The SMILES string of the molecule is CCCCCCCCCCCCCCOc1cc(CN(C(C)=O)c2ccc(C[n+]3csc(C)c3)cc2)ccc1OC. The topological polar surface area (TPSA) is 42.7 Å². The highest BCUT2D eigenvalue weighted by atomic mass is 32.1. The van der Waals surface area contributed by atoms with Crippen molar-refractivity contribution in [1.82, 2.24) is 0 Å². The summed E-state index contributed by atoms with van der Waals surface area (Å²) in [5, 5.41) is 0. The number of carbonyl (C=O) groups excluding carboxylic acids is 1. The van der Waals surface area contributed by atoms with Crippen LogP contribution in [0.3, 0.4) is 0 Å². The smallest absolute Gasteiger partial charge is 0.225 e. The summed E-state index contributed by atoms with van der Waals surface area (Å²) in [4.78, 5) is 15.7. The van der Waals surface area contributed by atoms with E-state index in [-0.39, 0.29) is 5.91 Å². The number of benzene rings is 2. The number of hydrogen-bond donors (Lipinski definition) is 0. The van der Waals surface area contributed by atoms with Gasteiger partial charge in [-0.25, -0.2) is 0 Å². The van der Waals surface area contributed by atoms with Crippen molar-refractivity contribution >= 4 is 22.9 Å². The van der Waals surface area contributed by atoms with E-state index in [1.807, 2.05) is 35.2 Å². The molecule has 0 atom stereocenters. The number of aromatic nitrogens is 1. The minimum Gasteiger partial charge on any atom is -0.493 e. The van der Waals surface area contributed by atoms with Crippen LogP contribution in [0, 0.1) is 6.92 Å². The van der Waals surface area contributed by atoms with Crippen molar-refractivity contribution < 1.29 is 18.8 Å². The fourth-order valence-electron chi connectivity index (χ4n) is 5.14. The van der Waals surface area contributed by atoms with Gasteiger partial charge in [0.2, 0.25) is 11.4 Å². The summed E-state index contributed by atoms with van der Waals surface area (Å²) in [6.07, 6.45) is 18.0. The van der Waals surface area contributed by atoms with E-state index in [9.17, 15) is 4.79 Å². The van der Waals surface area contributed by atoms with Gasteiger partial charge in [0.05, 0.1) is 25.1 Å². The lowest BCUT2D eigenvalue weighted by Crippen LogP contribution is -2.31. The number of rotatable bonds is 20. The van der Waals surface area contributed by atoms with Gasteiger partial charge in [-0.15, -0.1) is 0 Å². The van der Waals surface area contributed by atoms with Gasteiger partial charge in [-0.3, -0.25) is 4.79 Å². The fraction of sp³-hybridized carbons (Fsp3) is 0.543. The summed E-state index contributed by atoms with van der Waals surface area (Å²) < 4.78 is 13.9. The van der Waals surface area contributed by atoms with Crippen LogP contribution in [-0.2, 0) is 17.9 Å². The van der Waals surface area contributed by atoms with Crippen molar-refractivity contribution in [2.45, 2.75) is 111 Å². The Balaban J connectivity index is 1.44. The number of carbonyl (C=O) groups is 1. The molecule has 3 aromatic rings. The van der Waals surface area contributed by atoms with Gasteiger partial charge in [0.15, 0.2) is 24.2 Å². The maximum Gasteiger partial charge on any atom is 0.225 e. The van der Waals surface area contributed by atoms with Crippen LogP contribution in [0.5, 0.6) is 11.5 Å². The molecule has 0 aliphatic rings. The molecule has 5 nitrogen and oxygen atoms in total. The highest BCUT2D eigenvalue weighted by Crippen LogP contribution is 2.30. The Kier molecular flexibility index (Phi) is 14.8. The molecule has 6 heteroatoms. The number of hydrogen-bond acceptors (Lipinski definition) is 4. The number of thiazole rings is 1. The van der Waals surface area contributed by atoms with Crippen LogP contribution < -0.4 is 18.9 Å². The highest BCUT2D eigenvalue weighted by molar-refractivity contribution is 7.09. The Bertz CT molecular complexity index is 1160. The van der Waals surface area contributed by atoms with Gasteiger partial charge in [-0.05, 0) is 43.2 Å². The van der Waals surface area contributed by atoms with E-state index in [4.69, 9.17) is 9.47 Å². The molecule has 0 aliphatic carbocycles. The Morgan fingerprint density at radius 3 is 2.00 bits per heavy atom. The lowest BCUT2D eigenvalue weighted by Gasteiger charge is -2.22. The molecule has 0 spiro atoms. The predicted octanol–water partition coefficient (Wildman–Crippen LogP) is 9.03. The van der Waals surface area contributed by atoms with E-state index < -0.39 is 0 Å². The van der Waals surface area contributed by atoms with Crippen molar-refractivity contribution in [2.24, 2.45) is 0 Å². The molecule has 0 unspecified atom stereocenters. The molecule has 1 heterocycles. The molecule has 1 amide bonds. The third kappa shape index (κ3) is 11.9. The first-order chi connectivity index (χ1) is 20.0. The molecule has 0 aliphatic heterocycles. The monoisotopic (exact) mass is 579 g/mol. The Hall–Kier alpha value is -2.86. The molecule has 0 bridgehead atoms. The van der Waals surface area contributed by atoms with Gasteiger partial charge < -0.3 is 14.4 Å². The van der Waals surface area contributed by atoms with Crippen LogP contribution in [0.25, 0.3) is 0 Å². The van der Waals surface area contributed by atoms with E-state index in [0.717, 1.165) is 35.7 Å². The summed E-state index contributed by atoms with van der Waals surface area (Å²) in [5.74, 6) is 1.48. The van der Waals surface area contributed by atoms with Crippen molar-refractivity contribution in [2.75, 3.05) is 18.6 Å². The Morgan fingerprint density at radius 1 is 0.829 bits per heavy atom. The van der Waals surface area contributed by atoms with Gasteiger partial charge >= 0.3 is 0 Å². The van der Waals surface area contributed by atoms with E-state index in [1.165, 1.54) is 81.1 Å². The molecule has 0 N–H and O–H groups in total. The maximum absolute atomic E-state index is 12.6. The average Bonchev–Trinajstić information content (AvgIpc) is 3.38. The molecule has 0 radical (unpaired) electrons. The molecule has 224 valence electrons. The van der Waals surface area contributed by atoms with Crippen molar-refractivity contribution in [3.63, 3.8) is 0 Å². The number of amides is 1. The first-order valence-electron chi connectivity index (χ1n) is 15.6. The summed E-state index contributed by atoms with van der Waals surface area (Å²) in [7, 11) is 1.67. The number of ether oxygens (including phenoxy) is 2. The number of nitrogens with zero attached hydrogens (tertiary/aromatic N) is 2. The first-order valence-corrected chi connectivity index (χ1v) is 16.5. The molecule has 0 saturated heterocycles. The first kappa shape index (κ1) is 32.7.